The van der Waals surface area contributed by atoms with Crippen LogP contribution in [0.4, 0.5) is 24.8 Å². The molecule has 1 rings (SSSR count). The molecule has 0 amide bonds. The molecule has 1 aromatic heterocycles. The summed E-state index contributed by atoms with van der Waals surface area (Å²) in [4.78, 5) is 9.06. The molecule has 0 radical (unpaired) electrons. The van der Waals surface area contributed by atoms with Crippen LogP contribution in [0.15, 0.2) is 6.07 Å². The molecule has 114 valence electrons. The van der Waals surface area contributed by atoms with Gasteiger partial charge in [0.1, 0.15) is 11.6 Å². The zero-order chi connectivity index (χ0) is 15.2. The van der Waals surface area contributed by atoms with Crippen LogP contribution in [0.3, 0.4) is 0 Å². The van der Waals surface area contributed by atoms with Gasteiger partial charge in [0, 0.05) is 26.2 Å². The molecular weight excluding hydrogens is 271 g/mol. The summed E-state index contributed by atoms with van der Waals surface area (Å²) in [5.74, 6) is -0.837. The Hall–Kier alpha value is -1.57. The highest BCUT2D eigenvalue weighted by Gasteiger charge is 2.35. The number of halogens is 3. The highest BCUT2D eigenvalue weighted by molar-refractivity contribution is 5.47. The summed E-state index contributed by atoms with van der Waals surface area (Å²) < 4.78 is 38.0. The normalized spacial score (nSPS) is 11.8. The first-order valence-corrected chi connectivity index (χ1v) is 6.51. The maximum atomic E-state index is 12.7. The van der Waals surface area contributed by atoms with Crippen molar-refractivity contribution < 1.29 is 13.2 Å². The molecule has 0 aromatic carbocycles. The summed E-state index contributed by atoms with van der Waals surface area (Å²) in [5, 5.41) is 5.50. The average molecular weight is 291 g/mol. The number of nitrogens with zero attached hydrogens (tertiary/aromatic N) is 3. The number of rotatable bonds is 7. The van der Waals surface area contributed by atoms with Gasteiger partial charge in [0.05, 0.1) is 0 Å². The fourth-order valence-corrected chi connectivity index (χ4v) is 1.67. The Morgan fingerprint density at radius 3 is 2.25 bits per heavy atom. The number of aromatic nitrogens is 2. The van der Waals surface area contributed by atoms with E-state index in [-0.39, 0.29) is 11.6 Å². The van der Waals surface area contributed by atoms with Gasteiger partial charge in [0.15, 0.2) is 0 Å². The Labute approximate surface area is 116 Å². The first-order chi connectivity index (χ1) is 9.40. The number of nitrogens with one attached hydrogen (secondary N) is 2. The molecule has 0 fully saturated rings. The van der Waals surface area contributed by atoms with Crippen LogP contribution >= 0.6 is 0 Å². The van der Waals surface area contributed by atoms with Gasteiger partial charge in [0.25, 0.3) is 0 Å². The quantitative estimate of drug-likeness (QED) is 0.807. The molecule has 5 nitrogen and oxygen atoms in total. The fraction of sp³-hybridized carbons (Fsp3) is 0.667. The standard InChI is InChI=1S/C12H20F3N5/c1-4-20(5-2)7-6-17-10-8-9(16-3)18-11(19-10)12(13,14)15/h8H,4-7H2,1-3H3,(H2,16,17,18,19). The fourth-order valence-electron chi connectivity index (χ4n) is 1.67. The monoisotopic (exact) mass is 291 g/mol. The average Bonchev–Trinajstić information content (AvgIpc) is 2.42. The second kappa shape index (κ2) is 7.28. The summed E-state index contributed by atoms with van der Waals surface area (Å²) >= 11 is 0. The zero-order valence-corrected chi connectivity index (χ0v) is 11.9. The van der Waals surface area contributed by atoms with E-state index in [0.29, 0.717) is 6.54 Å². The minimum Gasteiger partial charge on any atom is -0.373 e. The van der Waals surface area contributed by atoms with E-state index >= 15 is 0 Å². The van der Waals surface area contributed by atoms with Gasteiger partial charge in [-0.05, 0) is 13.1 Å². The van der Waals surface area contributed by atoms with Crippen molar-refractivity contribution in [3.05, 3.63) is 11.9 Å². The van der Waals surface area contributed by atoms with Crippen molar-refractivity contribution >= 4 is 11.6 Å². The van der Waals surface area contributed by atoms with Crippen molar-refractivity contribution in [2.45, 2.75) is 20.0 Å². The van der Waals surface area contributed by atoms with E-state index in [1.807, 2.05) is 13.8 Å². The van der Waals surface area contributed by atoms with Crippen molar-refractivity contribution in [3.8, 4) is 0 Å². The number of hydrogen-bond donors (Lipinski definition) is 2. The van der Waals surface area contributed by atoms with Crippen LogP contribution in [0.5, 0.6) is 0 Å². The third kappa shape index (κ3) is 4.84. The lowest BCUT2D eigenvalue weighted by atomic mass is 10.4. The largest absolute Gasteiger partial charge is 0.451 e. The topological polar surface area (TPSA) is 53.1 Å². The lowest BCUT2D eigenvalue weighted by Gasteiger charge is -2.18. The van der Waals surface area contributed by atoms with Crippen molar-refractivity contribution in [1.82, 2.24) is 14.9 Å². The van der Waals surface area contributed by atoms with Crippen LogP contribution in [0.25, 0.3) is 0 Å². The summed E-state index contributed by atoms with van der Waals surface area (Å²) in [5.41, 5.74) is 0. The number of hydrogen-bond acceptors (Lipinski definition) is 5. The second-order valence-electron chi connectivity index (χ2n) is 4.16. The zero-order valence-electron chi connectivity index (χ0n) is 11.9. The van der Waals surface area contributed by atoms with Crippen LogP contribution in [0, 0.1) is 0 Å². The van der Waals surface area contributed by atoms with Crippen LogP contribution in [-0.2, 0) is 6.18 Å². The van der Waals surface area contributed by atoms with E-state index in [4.69, 9.17) is 0 Å². The van der Waals surface area contributed by atoms with E-state index in [1.165, 1.54) is 13.1 Å². The SMILES string of the molecule is CCN(CC)CCNc1cc(NC)nc(C(F)(F)F)n1. The van der Waals surface area contributed by atoms with Crippen LogP contribution in [0.1, 0.15) is 19.7 Å². The van der Waals surface area contributed by atoms with Gasteiger partial charge in [-0.1, -0.05) is 13.8 Å². The van der Waals surface area contributed by atoms with Crippen LogP contribution in [0.2, 0.25) is 0 Å². The number of likely N-dealkylation sites (N-methyl/N-ethyl adjacent to an activating group) is 1. The number of alkyl halides is 3. The molecule has 1 aromatic rings. The van der Waals surface area contributed by atoms with Crippen molar-refractivity contribution in [2.24, 2.45) is 0 Å². The molecule has 0 atom stereocenters. The predicted molar refractivity (Wildman–Crippen MR) is 72.9 cm³/mol. The smallest absolute Gasteiger partial charge is 0.373 e. The summed E-state index contributed by atoms with van der Waals surface area (Å²) in [6.07, 6.45) is -4.55. The van der Waals surface area contributed by atoms with E-state index in [1.54, 1.807) is 0 Å². The Morgan fingerprint density at radius 2 is 1.75 bits per heavy atom. The van der Waals surface area contributed by atoms with Gasteiger partial charge in [0.2, 0.25) is 5.82 Å². The molecule has 0 aliphatic rings. The van der Waals surface area contributed by atoms with E-state index in [9.17, 15) is 13.2 Å². The van der Waals surface area contributed by atoms with Gasteiger partial charge in [-0.25, -0.2) is 9.97 Å². The van der Waals surface area contributed by atoms with Gasteiger partial charge >= 0.3 is 6.18 Å². The summed E-state index contributed by atoms with van der Waals surface area (Å²) in [6.45, 7) is 7.14. The first-order valence-electron chi connectivity index (χ1n) is 6.51. The molecule has 0 spiro atoms. The molecular formula is C12H20F3N5. The first kappa shape index (κ1) is 16.5. The molecule has 0 bridgehead atoms. The van der Waals surface area contributed by atoms with Gasteiger partial charge in [-0.3, -0.25) is 0 Å². The van der Waals surface area contributed by atoms with E-state index < -0.39 is 12.0 Å². The van der Waals surface area contributed by atoms with E-state index in [2.05, 4.69) is 25.5 Å². The second-order valence-corrected chi connectivity index (χ2v) is 4.16. The van der Waals surface area contributed by atoms with Crippen molar-refractivity contribution in [2.75, 3.05) is 43.9 Å². The van der Waals surface area contributed by atoms with Gasteiger partial charge in [-0.15, -0.1) is 0 Å². The number of anilines is 2. The predicted octanol–water partition coefficient (Wildman–Crippen LogP) is 2.29. The Morgan fingerprint density at radius 1 is 1.15 bits per heavy atom. The molecule has 0 aliphatic carbocycles. The Bertz CT molecular complexity index is 418. The maximum absolute atomic E-state index is 12.7. The molecule has 8 heteroatoms. The van der Waals surface area contributed by atoms with E-state index in [0.717, 1.165) is 19.6 Å². The highest BCUT2D eigenvalue weighted by Crippen LogP contribution is 2.28. The van der Waals surface area contributed by atoms with Gasteiger partial charge < -0.3 is 15.5 Å². The molecule has 2 N–H and O–H groups in total. The Balaban J connectivity index is 2.74. The minimum atomic E-state index is -4.55. The van der Waals surface area contributed by atoms with Crippen LogP contribution < -0.4 is 10.6 Å². The molecule has 0 saturated carbocycles. The van der Waals surface area contributed by atoms with Crippen LogP contribution in [-0.4, -0.2) is 48.1 Å². The lowest BCUT2D eigenvalue weighted by Crippen LogP contribution is -2.29. The highest BCUT2D eigenvalue weighted by atomic mass is 19.4. The molecule has 0 unspecified atom stereocenters. The lowest BCUT2D eigenvalue weighted by molar-refractivity contribution is -0.144. The molecule has 20 heavy (non-hydrogen) atoms. The third-order valence-corrected chi connectivity index (χ3v) is 2.86. The minimum absolute atomic E-state index is 0.137. The maximum Gasteiger partial charge on any atom is 0.451 e. The third-order valence-electron chi connectivity index (χ3n) is 2.86. The Kier molecular flexibility index (Phi) is 6.00. The molecule has 0 saturated heterocycles. The molecule has 0 aliphatic heterocycles. The summed E-state index contributed by atoms with van der Waals surface area (Å²) in [7, 11) is 1.52. The summed E-state index contributed by atoms with van der Waals surface area (Å²) in [6, 6.07) is 1.46. The van der Waals surface area contributed by atoms with Gasteiger partial charge in [-0.2, -0.15) is 13.2 Å². The van der Waals surface area contributed by atoms with Crippen molar-refractivity contribution in [1.29, 1.82) is 0 Å². The van der Waals surface area contributed by atoms with Crippen molar-refractivity contribution in [3.63, 3.8) is 0 Å². The molecule has 1 heterocycles.